The van der Waals surface area contributed by atoms with Crippen LogP contribution >= 0.6 is 0 Å². The molecule has 0 aliphatic heterocycles. The van der Waals surface area contributed by atoms with Gasteiger partial charge >= 0.3 is 6.09 Å². The van der Waals surface area contributed by atoms with E-state index in [-0.39, 0.29) is 17.6 Å². The van der Waals surface area contributed by atoms with E-state index in [2.05, 4.69) is 34.0 Å². The van der Waals surface area contributed by atoms with Gasteiger partial charge in [-0.2, -0.15) is 4.98 Å². The molecule has 11 heteroatoms. The highest BCUT2D eigenvalue weighted by Gasteiger charge is 2.19. The Bertz CT molecular complexity index is 1250. The van der Waals surface area contributed by atoms with Gasteiger partial charge in [0.25, 0.3) is 5.91 Å². The molecule has 1 aromatic heterocycles. The van der Waals surface area contributed by atoms with Crippen molar-refractivity contribution in [1.82, 2.24) is 19.8 Å². The van der Waals surface area contributed by atoms with Crippen LogP contribution in [0.15, 0.2) is 54.7 Å². The van der Waals surface area contributed by atoms with Crippen LogP contribution in [-0.4, -0.2) is 86.3 Å². The van der Waals surface area contributed by atoms with Crippen LogP contribution in [0.3, 0.4) is 0 Å². The van der Waals surface area contributed by atoms with E-state index in [0.29, 0.717) is 35.1 Å². The predicted octanol–water partition coefficient (Wildman–Crippen LogP) is 4.29. The molecule has 2 amide bonds. The van der Waals surface area contributed by atoms with E-state index in [1.807, 2.05) is 7.05 Å². The van der Waals surface area contributed by atoms with Gasteiger partial charge in [0.2, 0.25) is 5.95 Å². The Balaban J connectivity index is 1.64. The second-order valence-electron chi connectivity index (χ2n) is 8.64. The van der Waals surface area contributed by atoms with Crippen molar-refractivity contribution in [3.63, 3.8) is 0 Å². The molecule has 39 heavy (non-hydrogen) atoms. The monoisotopic (exact) mass is 536 g/mol. The lowest BCUT2D eigenvalue weighted by molar-refractivity contribution is 0.0780. The summed E-state index contributed by atoms with van der Waals surface area (Å²) in [6.07, 6.45) is 0.864. The average molecular weight is 537 g/mol. The highest BCUT2D eigenvalue weighted by molar-refractivity contribution is 5.94. The maximum atomic E-state index is 12.8. The molecule has 3 rings (SSSR count). The number of carbonyl (C=O) groups is 2. The van der Waals surface area contributed by atoms with Gasteiger partial charge in [-0.05, 0) is 55.6 Å². The molecule has 0 fully saturated rings. The van der Waals surface area contributed by atoms with E-state index in [1.165, 1.54) is 32.4 Å². The Morgan fingerprint density at radius 2 is 1.62 bits per heavy atom. The molecule has 11 nitrogen and oxygen atoms in total. The van der Waals surface area contributed by atoms with Gasteiger partial charge in [-0.3, -0.25) is 9.69 Å². The lowest BCUT2D eigenvalue weighted by atomic mass is 10.2. The second kappa shape index (κ2) is 14.0. The van der Waals surface area contributed by atoms with Crippen LogP contribution in [0.1, 0.15) is 24.2 Å². The number of rotatable bonds is 12. The third kappa shape index (κ3) is 7.81. The largest absolute Gasteiger partial charge is 0.497 e. The standard InChI is InChI=1S/C28H36N6O5/c1-7-34(8-2)18-17-32(3)26(35)20-9-11-21(12-10-20)30-27-29-16-15-25(31-27)33(4)28(36)39-24-19-22(37-5)13-14-23(24)38-6/h9-16,19H,7-8,17-18H2,1-6H3,(H,29,30,31). The number of ether oxygens (including phenoxy) is 3. The lowest BCUT2D eigenvalue weighted by Crippen LogP contribution is -2.36. The SMILES string of the molecule is CCN(CC)CCN(C)C(=O)c1ccc(Nc2nccc(N(C)C(=O)Oc3cc(OC)ccc3OC)n2)cc1. The molecule has 0 spiro atoms. The number of methoxy groups -OCH3 is 2. The average Bonchev–Trinajstić information content (AvgIpc) is 2.97. The van der Waals surface area contributed by atoms with E-state index in [4.69, 9.17) is 14.2 Å². The lowest BCUT2D eigenvalue weighted by Gasteiger charge is -2.23. The number of carbonyl (C=O) groups excluding carboxylic acids is 2. The minimum atomic E-state index is -0.667. The molecule has 0 unspecified atom stereocenters. The number of aromatic nitrogens is 2. The summed E-state index contributed by atoms with van der Waals surface area (Å²) in [4.78, 5) is 39.5. The number of nitrogens with one attached hydrogen (secondary N) is 1. The minimum absolute atomic E-state index is 0.0419. The van der Waals surface area contributed by atoms with Crippen LogP contribution in [-0.2, 0) is 0 Å². The normalized spacial score (nSPS) is 10.6. The number of amides is 2. The Labute approximate surface area is 229 Å². The molecule has 0 bridgehead atoms. The smallest absolute Gasteiger partial charge is 0.420 e. The zero-order valence-corrected chi connectivity index (χ0v) is 23.3. The van der Waals surface area contributed by atoms with E-state index < -0.39 is 6.09 Å². The topological polar surface area (TPSA) is 109 Å². The first kappa shape index (κ1) is 29.2. The fraction of sp³-hybridized carbons (Fsp3) is 0.357. The van der Waals surface area contributed by atoms with Crippen molar-refractivity contribution in [3.8, 4) is 17.2 Å². The minimum Gasteiger partial charge on any atom is -0.497 e. The molecule has 0 saturated carbocycles. The van der Waals surface area contributed by atoms with Gasteiger partial charge < -0.3 is 29.3 Å². The van der Waals surface area contributed by atoms with Crippen LogP contribution < -0.4 is 24.4 Å². The van der Waals surface area contributed by atoms with E-state index in [1.54, 1.807) is 53.4 Å². The molecule has 0 saturated heterocycles. The highest BCUT2D eigenvalue weighted by Crippen LogP contribution is 2.32. The highest BCUT2D eigenvalue weighted by atomic mass is 16.6. The van der Waals surface area contributed by atoms with Crippen LogP contribution in [0.4, 0.5) is 22.2 Å². The van der Waals surface area contributed by atoms with Crippen molar-refractivity contribution in [2.45, 2.75) is 13.8 Å². The van der Waals surface area contributed by atoms with E-state index in [0.717, 1.165) is 19.6 Å². The second-order valence-corrected chi connectivity index (χ2v) is 8.64. The third-order valence-electron chi connectivity index (χ3n) is 6.21. The summed E-state index contributed by atoms with van der Waals surface area (Å²) in [6.45, 7) is 7.62. The number of hydrogen-bond donors (Lipinski definition) is 1. The molecular formula is C28H36N6O5. The summed E-state index contributed by atoms with van der Waals surface area (Å²) in [5.74, 6) is 1.69. The molecule has 2 aromatic carbocycles. The number of benzene rings is 2. The summed E-state index contributed by atoms with van der Waals surface area (Å²) in [7, 11) is 6.36. The van der Waals surface area contributed by atoms with Crippen molar-refractivity contribution in [1.29, 1.82) is 0 Å². The number of likely N-dealkylation sites (N-methyl/N-ethyl adjacent to an activating group) is 2. The van der Waals surface area contributed by atoms with Gasteiger partial charge in [-0.15, -0.1) is 0 Å². The van der Waals surface area contributed by atoms with Crippen LogP contribution in [0.25, 0.3) is 0 Å². The number of nitrogens with zero attached hydrogens (tertiary/aromatic N) is 5. The first-order valence-electron chi connectivity index (χ1n) is 12.6. The summed E-state index contributed by atoms with van der Waals surface area (Å²) in [5, 5.41) is 3.10. The first-order valence-corrected chi connectivity index (χ1v) is 12.6. The Morgan fingerprint density at radius 3 is 2.26 bits per heavy atom. The Kier molecular flexibility index (Phi) is 10.4. The van der Waals surface area contributed by atoms with Gasteiger partial charge in [0, 0.05) is 50.7 Å². The van der Waals surface area contributed by atoms with Crippen molar-refractivity contribution < 1.29 is 23.8 Å². The predicted molar refractivity (Wildman–Crippen MR) is 150 cm³/mol. The van der Waals surface area contributed by atoms with Crippen LogP contribution in [0.5, 0.6) is 17.2 Å². The molecule has 0 aliphatic carbocycles. The maximum absolute atomic E-state index is 12.8. The van der Waals surface area contributed by atoms with E-state index >= 15 is 0 Å². The van der Waals surface area contributed by atoms with Crippen LogP contribution in [0, 0.1) is 0 Å². The van der Waals surface area contributed by atoms with Crippen molar-refractivity contribution in [2.24, 2.45) is 0 Å². The molecule has 0 atom stereocenters. The Morgan fingerprint density at radius 1 is 0.897 bits per heavy atom. The van der Waals surface area contributed by atoms with Gasteiger partial charge in [0.1, 0.15) is 11.6 Å². The van der Waals surface area contributed by atoms with Gasteiger partial charge in [0.15, 0.2) is 11.5 Å². The van der Waals surface area contributed by atoms with E-state index in [9.17, 15) is 9.59 Å². The molecule has 1 heterocycles. The molecule has 0 aliphatic rings. The molecular weight excluding hydrogens is 500 g/mol. The van der Waals surface area contributed by atoms with Crippen LogP contribution in [0.2, 0.25) is 0 Å². The quantitative estimate of drug-likeness (QED) is 0.363. The maximum Gasteiger partial charge on any atom is 0.420 e. The fourth-order valence-corrected chi connectivity index (χ4v) is 3.69. The number of anilines is 3. The molecule has 208 valence electrons. The summed E-state index contributed by atoms with van der Waals surface area (Å²) >= 11 is 0. The molecule has 1 N–H and O–H groups in total. The summed E-state index contributed by atoms with van der Waals surface area (Å²) in [6, 6.07) is 13.6. The van der Waals surface area contributed by atoms with Crippen molar-refractivity contribution >= 4 is 29.5 Å². The van der Waals surface area contributed by atoms with Crippen molar-refractivity contribution in [3.05, 3.63) is 60.3 Å². The summed E-state index contributed by atoms with van der Waals surface area (Å²) in [5.41, 5.74) is 1.29. The van der Waals surface area contributed by atoms with Gasteiger partial charge in [-0.1, -0.05) is 13.8 Å². The fourth-order valence-electron chi connectivity index (χ4n) is 3.69. The Hall–Kier alpha value is -4.38. The first-order chi connectivity index (χ1) is 18.8. The van der Waals surface area contributed by atoms with Crippen molar-refractivity contribution in [2.75, 3.05) is 64.7 Å². The number of hydrogen-bond acceptors (Lipinski definition) is 9. The van der Waals surface area contributed by atoms with Gasteiger partial charge in [-0.25, -0.2) is 9.78 Å². The molecule has 0 radical (unpaired) electrons. The third-order valence-corrected chi connectivity index (χ3v) is 6.21. The summed E-state index contributed by atoms with van der Waals surface area (Å²) < 4.78 is 16.0. The zero-order chi connectivity index (χ0) is 28.4. The van der Waals surface area contributed by atoms with Gasteiger partial charge in [0.05, 0.1) is 14.2 Å². The zero-order valence-electron chi connectivity index (χ0n) is 23.3. The molecule has 3 aromatic rings.